The minimum atomic E-state index is 0.114. The van der Waals surface area contributed by atoms with Crippen molar-refractivity contribution in [1.29, 1.82) is 0 Å². The number of nitrogens with two attached hydrogens (primary N) is 1. The van der Waals surface area contributed by atoms with Crippen molar-refractivity contribution in [3.05, 3.63) is 52.2 Å². The van der Waals surface area contributed by atoms with Gasteiger partial charge in [-0.05, 0) is 62.3 Å². The van der Waals surface area contributed by atoms with Gasteiger partial charge in [0.2, 0.25) is 0 Å². The maximum Gasteiger partial charge on any atom is 0.119 e. The molecule has 0 aliphatic heterocycles. The Labute approximate surface area is 125 Å². The maximum atomic E-state index is 6.25. The highest BCUT2D eigenvalue weighted by Gasteiger charge is 2.07. The second-order valence-corrected chi connectivity index (χ2v) is 6.35. The first-order chi connectivity index (χ1) is 9.65. The highest BCUT2D eigenvalue weighted by atomic mass is 32.1. The lowest BCUT2D eigenvalue weighted by atomic mass is 10.0. The molecule has 2 rings (SSSR count). The summed E-state index contributed by atoms with van der Waals surface area (Å²) in [6.45, 7) is 4.06. The molecule has 2 nitrogen and oxygen atoms in total. The quantitative estimate of drug-likeness (QED) is 0.811. The van der Waals surface area contributed by atoms with Gasteiger partial charge in [-0.25, -0.2) is 0 Å². The van der Waals surface area contributed by atoms with Crippen LogP contribution in [0.15, 0.2) is 41.8 Å². The van der Waals surface area contributed by atoms with Crippen LogP contribution >= 0.6 is 11.3 Å². The third-order valence-corrected chi connectivity index (χ3v) is 4.13. The number of hydrogen-bond acceptors (Lipinski definition) is 3. The molecule has 0 aliphatic rings. The third kappa shape index (κ3) is 4.66. The number of rotatable bonds is 7. The van der Waals surface area contributed by atoms with Gasteiger partial charge in [-0.2, -0.15) is 0 Å². The van der Waals surface area contributed by atoms with Crippen LogP contribution in [0.1, 0.15) is 43.2 Å². The Balaban J connectivity index is 1.81. The second kappa shape index (κ2) is 7.46. The van der Waals surface area contributed by atoms with Gasteiger partial charge in [-0.15, -0.1) is 11.3 Å². The molecule has 2 N–H and O–H groups in total. The van der Waals surface area contributed by atoms with E-state index in [9.17, 15) is 0 Å². The summed E-state index contributed by atoms with van der Waals surface area (Å²) in [5.74, 6) is 0.912. The fraction of sp³-hybridized carbons (Fsp3) is 0.412. The normalized spacial score (nSPS) is 12.6. The fourth-order valence-electron chi connectivity index (χ4n) is 2.18. The van der Waals surface area contributed by atoms with Crippen LogP contribution in [0.4, 0.5) is 0 Å². The molecule has 1 aromatic carbocycles. The summed E-state index contributed by atoms with van der Waals surface area (Å²) in [6.07, 6.45) is 3.48. The van der Waals surface area contributed by atoms with Crippen LogP contribution in [-0.4, -0.2) is 6.10 Å². The Morgan fingerprint density at radius 1 is 1.15 bits per heavy atom. The summed E-state index contributed by atoms with van der Waals surface area (Å²) >= 11 is 1.82. The van der Waals surface area contributed by atoms with Crippen molar-refractivity contribution in [2.24, 2.45) is 5.73 Å². The molecule has 2 aromatic rings. The van der Waals surface area contributed by atoms with E-state index in [1.807, 2.05) is 37.3 Å². The molecule has 1 atom stereocenters. The van der Waals surface area contributed by atoms with Gasteiger partial charge in [-0.3, -0.25) is 0 Å². The topological polar surface area (TPSA) is 35.2 Å². The maximum absolute atomic E-state index is 6.25. The average molecular weight is 289 g/mol. The predicted octanol–water partition coefficient (Wildman–Crippen LogP) is 4.56. The van der Waals surface area contributed by atoms with E-state index >= 15 is 0 Å². The van der Waals surface area contributed by atoms with E-state index in [4.69, 9.17) is 10.5 Å². The minimum Gasteiger partial charge on any atom is -0.491 e. The largest absolute Gasteiger partial charge is 0.491 e. The molecule has 0 bridgehead atoms. The Kier molecular flexibility index (Phi) is 5.62. The van der Waals surface area contributed by atoms with Crippen LogP contribution in [0.2, 0.25) is 0 Å². The first-order valence-electron chi connectivity index (χ1n) is 7.19. The van der Waals surface area contributed by atoms with Crippen molar-refractivity contribution in [1.82, 2.24) is 0 Å². The van der Waals surface area contributed by atoms with E-state index < -0.39 is 0 Å². The number of benzene rings is 1. The minimum absolute atomic E-state index is 0.114. The van der Waals surface area contributed by atoms with E-state index in [0.717, 1.165) is 25.0 Å². The molecule has 1 aromatic heterocycles. The molecule has 1 unspecified atom stereocenters. The predicted molar refractivity (Wildman–Crippen MR) is 86.4 cm³/mol. The molecule has 3 heteroatoms. The first-order valence-corrected chi connectivity index (χ1v) is 8.07. The van der Waals surface area contributed by atoms with Gasteiger partial charge in [0, 0.05) is 10.9 Å². The Morgan fingerprint density at radius 2 is 1.90 bits per heavy atom. The van der Waals surface area contributed by atoms with Gasteiger partial charge in [-0.1, -0.05) is 18.2 Å². The lowest BCUT2D eigenvalue weighted by Gasteiger charge is -2.14. The Hall–Kier alpha value is -1.32. The van der Waals surface area contributed by atoms with E-state index in [2.05, 4.69) is 29.6 Å². The molecule has 0 radical (unpaired) electrons. The number of aryl methyl sites for hydroxylation is 1. The monoisotopic (exact) mass is 289 g/mol. The molecule has 1 heterocycles. The smallest absolute Gasteiger partial charge is 0.119 e. The van der Waals surface area contributed by atoms with Crippen LogP contribution in [0.25, 0.3) is 0 Å². The summed E-state index contributed by atoms with van der Waals surface area (Å²) < 4.78 is 5.64. The van der Waals surface area contributed by atoms with Crippen molar-refractivity contribution in [2.75, 3.05) is 0 Å². The number of thiophene rings is 1. The summed E-state index contributed by atoms with van der Waals surface area (Å²) in [5.41, 5.74) is 7.44. The Bertz CT molecular complexity index is 490. The number of ether oxygens (including phenoxy) is 1. The van der Waals surface area contributed by atoms with E-state index in [1.165, 1.54) is 10.4 Å². The summed E-state index contributed by atoms with van der Waals surface area (Å²) in [6, 6.07) is 12.6. The number of hydrogen-bond donors (Lipinski definition) is 1. The van der Waals surface area contributed by atoms with E-state index in [0.29, 0.717) is 0 Å². The lowest BCUT2D eigenvalue weighted by molar-refractivity contribution is 0.242. The summed E-state index contributed by atoms with van der Waals surface area (Å²) in [5, 5.41) is 2.13. The summed E-state index contributed by atoms with van der Waals surface area (Å²) in [7, 11) is 0. The van der Waals surface area contributed by atoms with Crippen LogP contribution in [0, 0.1) is 0 Å². The SMILES string of the molecule is CC(C)Oc1ccc(C(N)CCCc2cccs2)cc1. The molecular weight excluding hydrogens is 266 g/mol. The first kappa shape index (κ1) is 15.1. The van der Waals surface area contributed by atoms with Gasteiger partial charge in [0.05, 0.1) is 6.10 Å². The summed E-state index contributed by atoms with van der Waals surface area (Å²) in [4.78, 5) is 1.44. The molecule has 0 aliphatic carbocycles. The van der Waals surface area contributed by atoms with Crippen molar-refractivity contribution in [3.63, 3.8) is 0 Å². The van der Waals surface area contributed by atoms with Gasteiger partial charge >= 0.3 is 0 Å². The zero-order chi connectivity index (χ0) is 14.4. The highest BCUT2D eigenvalue weighted by Crippen LogP contribution is 2.21. The van der Waals surface area contributed by atoms with Crippen molar-refractivity contribution >= 4 is 11.3 Å². The lowest BCUT2D eigenvalue weighted by Crippen LogP contribution is -2.11. The molecule has 0 spiro atoms. The fourth-order valence-corrected chi connectivity index (χ4v) is 2.93. The molecule has 0 amide bonds. The Morgan fingerprint density at radius 3 is 2.50 bits per heavy atom. The van der Waals surface area contributed by atoms with E-state index in [-0.39, 0.29) is 12.1 Å². The molecule has 108 valence electrons. The molecular formula is C17H23NOS. The third-order valence-electron chi connectivity index (χ3n) is 3.20. The van der Waals surface area contributed by atoms with Crippen molar-refractivity contribution < 1.29 is 4.74 Å². The van der Waals surface area contributed by atoms with Crippen LogP contribution in [0.3, 0.4) is 0 Å². The van der Waals surface area contributed by atoms with Crippen LogP contribution < -0.4 is 10.5 Å². The standard InChI is InChI=1S/C17H23NOS/c1-13(2)19-15-10-8-14(9-11-15)17(18)7-3-5-16-6-4-12-20-16/h4,6,8-13,17H,3,5,7,18H2,1-2H3. The van der Waals surface area contributed by atoms with Gasteiger partial charge in [0.25, 0.3) is 0 Å². The van der Waals surface area contributed by atoms with E-state index in [1.54, 1.807) is 0 Å². The molecule has 0 fully saturated rings. The average Bonchev–Trinajstić information content (AvgIpc) is 2.92. The second-order valence-electron chi connectivity index (χ2n) is 5.31. The molecule has 0 saturated carbocycles. The molecule has 20 heavy (non-hydrogen) atoms. The van der Waals surface area contributed by atoms with Crippen molar-refractivity contribution in [2.45, 2.75) is 45.3 Å². The highest BCUT2D eigenvalue weighted by molar-refractivity contribution is 7.09. The zero-order valence-electron chi connectivity index (χ0n) is 12.2. The van der Waals surface area contributed by atoms with Crippen molar-refractivity contribution in [3.8, 4) is 5.75 Å². The zero-order valence-corrected chi connectivity index (χ0v) is 13.0. The van der Waals surface area contributed by atoms with Gasteiger partial charge < -0.3 is 10.5 Å². The van der Waals surface area contributed by atoms with Gasteiger partial charge in [0.15, 0.2) is 0 Å². The van der Waals surface area contributed by atoms with Crippen LogP contribution in [0.5, 0.6) is 5.75 Å². The molecule has 0 saturated heterocycles. The van der Waals surface area contributed by atoms with Crippen LogP contribution in [-0.2, 0) is 6.42 Å². The van der Waals surface area contributed by atoms with Gasteiger partial charge in [0.1, 0.15) is 5.75 Å².